The van der Waals surface area contributed by atoms with Gasteiger partial charge in [-0.3, -0.25) is 19.0 Å². The number of aromatic nitrogens is 2. The van der Waals surface area contributed by atoms with Crippen molar-refractivity contribution in [2.45, 2.75) is 31.8 Å². The van der Waals surface area contributed by atoms with Gasteiger partial charge >= 0.3 is 5.97 Å². The fraction of sp³-hybridized carbons (Fsp3) is 0.500. The summed E-state index contributed by atoms with van der Waals surface area (Å²) in [6.07, 6.45) is 1.53. The van der Waals surface area contributed by atoms with Crippen LogP contribution < -0.4 is 5.56 Å². The summed E-state index contributed by atoms with van der Waals surface area (Å²) < 4.78 is 6.57. The maximum atomic E-state index is 12.6. The quantitative estimate of drug-likeness (QED) is 0.432. The number of nitrogens with zero attached hydrogens (tertiary/aromatic N) is 3. The summed E-state index contributed by atoms with van der Waals surface area (Å²) in [5.41, 5.74) is 1.51. The topological polar surface area (TPSA) is 81.5 Å². The summed E-state index contributed by atoms with van der Waals surface area (Å²) in [6, 6.07) is 5.57. The van der Waals surface area contributed by atoms with Crippen LogP contribution in [0, 0.1) is 12.8 Å². The molecule has 28 heavy (non-hydrogen) atoms. The van der Waals surface area contributed by atoms with E-state index in [0.29, 0.717) is 35.8 Å². The van der Waals surface area contributed by atoms with Gasteiger partial charge in [-0.1, -0.05) is 23.4 Å². The number of hydrogen-bond donors (Lipinski definition) is 0. The van der Waals surface area contributed by atoms with Crippen molar-refractivity contribution in [3.8, 4) is 0 Å². The molecule has 0 N–H and O–H groups in total. The molecule has 1 amide bonds. The lowest BCUT2D eigenvalue weighted by Gasteiger charge is -2.31. The lowest BCUT2D eigenvalue weighted by atomic mass is 9.98. The molecular weight excluding hydrogens is 378 g/mol. The number of likely N-dealkylation sites (tertiary alicyclic amines) is 1. The van der Waals surface area contributed by atoms with Gasteiger partial charge in [-0.05, 0) is 38.8 Å². The molecule has 0 aliphatic carbocycles. The van der Waals surface area contributed by atoms with E-state index in [1.54, 1.807) is 18.9 Å². The fourth-order valence-electron chi connectivity index (χ4n) is 3.37. The van der Waals surface area contributed by atoms with Gasteiger partial charge in [-0.25, -0.2) is 4.98 Å². The average Bonchev–Trinajstić information content (AvgIpc) is 2.70. The Balaban J connectivity index is 1.69. The van der Waals surface area contributed by atoms with Crippen LogP contribution in [0.5, 0.6) is 0 Å². The number of carbonyl (C=O) groups is 2. The van der Waals surface area contributed by atoms with E-state index < -0.39 is 0 Å². The van der Waals surface area contributed by atoms with Gasteiger partial charge in [-0.2, -0.15) is 0 Å². The molecule has 1 aliphatic heterocycles. The molecule has 8 heteroatoms. The molecule has 3 rings (SSSR count). The Labute approximate surface area is 168 Å². The second-order valence-electron chi connectivity index (χ2n) is 7.00. The number of hydrogen-bond acceptors (Lipinski definition) is 6. The molecule has 1 aromatic carbocycles. The Bertz CT molecular complexity index is 956. The molecule has 2 aromatic rings. The zero-order valence-corrected chi connectivity index (χ0v) is 17.3. The number of benzene rings is 1. The van der Waals surface area contributed by atoms with E-state index in [9.17, 15) is 14.4 Å². The second-order valence-corrected chi connectivity index (χ2v) is 7.94. The normalized spacial score (nSPS) is 17.0. The smallest absolute Gasteiger partial charge is 0.310 e. The fourth-order valence-corrected chi connectivity index (χ4v) is 4.24. The van der Waals surface area contributed by atoms with Crippen molar-refractivity contribution < 1.29 is 14.3 Å². The van der Waals surface area contributed by atoms with E-state index in [1.807, 2.05) is 25.1 Å². The van der Waals surface area contributed by atoms with Gasteiger partial charge in [0.1, 0.15) is 0 Å². The first-order chi connectivity index (χ1) is 13.4. The van der Waals surface area contributed by atoms with Crippen LogP contribution in [-0.2, 0) is 21.4 Å². The van der Waals surface area contributed by atoms with E-state index in [2.05, 4.69) is 4.98 Å². The molecule has 1 fully saturated rings. The first-order valence-electron chi connectivity index (χ1n) is 9.45. The van der Waals surface area contributed by atoms with Gasteiger partial charge in [-0.15, -0.1) is 0 Å². The zero-order chi connectivity index (χ0) is 20.3. The Morgan fingerprint density at radius 2 is 2.14 bits per heavy atom. The first kappa shape index (κ1) is 20.4. The summed E-state index contributed by atoms with van der Waals surface area (Å²) in [7, 11) is 1.67. The summed E-state index contributed by atoms with van der Waals surface area (Å²) in [5.74, 6) is -0.375. The van der Waals surface area contributed by atoms with Crippen molar-refractivity contribution in [2.24, 2.45) is 13.0 Å². The van der Waals surface area contributed by atoms with Crippen molar-refractivity contribution in [3.05, 3.63) is 34.1 Å². The molecular formula is C20H25N3O4S. The van der Waals surface area contributed by atoms with Gasteiger partial charge in [0, 0.05) is 20.1 Å². The molecule has 0 radical (unpaired) electrons. The van der Waals surface area contributed by atoms with Crippen LogP contribution in [0.1, 0.15) is 25.3 Å². The Morgan fingerprint density at radius 3 is 2.89 bits per heavy atom. The molecule has 0 saturated carbocycles. The monoisotopic (exact) mass is 403 g/mol. The number of amides is 1. The third-order valence-corrected chi connectivity index (χ3v) is 5.92. The predicted octanol–water partition coefficient (Wildman–Crippen LogP) is 2.14. The molecule has 150 valence electrons. The van der Waals surface area contributed by atoms with E-state index in [4.69, 9.17) is 4.74 Å². The molecule has 1 saturated heterocycles. The number of piperidine rings is 1. The van der Waals surface area contributed by atoms with Gasteiger partial charge in [0.15, 0.2) is 5.16 Å². The van der Waals surface area contributed by atoms with Crippen molar-refractivity contribution in [1.82, 2.24) is 14.5 Å². The van der Waals surface area contributed by atoms with Crippen molar-refractivity contribution in [3.63, 3.8) is 0 Å². The van der Waals surface area contributed by atoms with Crippen LogP contribution in [-0.4, -0.2) is 51.8 Å². The number of esters is 1. The highest BCUT2D eigenvalue weighted by Crippen LogP contribution is 2.21. The summed E-state index contributed by atoms with van der Waals surface area (Å²) in [5, 5.41) is 1.08. The minimum absolute atomic E-state index is 0.0581. The highest BCUT2D eigenvalue weighted by molar-refractivity contribution is 7.99. The number of ether oxygens (including phenoxy) is 1. The summed E-state index contributed by atoms with van der Waals surface area (Å²) in [6.45, 7) is 5.09. The number of carbonyl (C=O) groups excluding carboxylic acids is 2. The maximum absolute atomic E-state index is 12.6. The van der Waals surface area contributed by atoms with E-state index in [1.165, 1.54) is 16.3 Å². The van der Waals surface area contributed by atoms with Crippen molar-refractivity contribution >= 4 is 34.5 Å². The lowest BCUT2D eigenvalue weighted by molar-refractivity contribution is -0.151. The van der Waals surface area contributed by atoms with E-state index in [0.717, 1.165) is 18.4 Å². The summed E-state index contributed by atoms with van der Waals surface area (Å²) >= 11 is 1.25. The Hall–Kier alpha value is -2.35. The van der Waals surface area contributed by atoms with Crippen LogP contribution in [0.2, 0.25) is 0 Å². The Morgan fingerprint density at radius 1 is 1.36 bits per heavy atom. The number of rotatable bonds is 5. The van der Waals surface area contributed by atoms with Crippen molar-refractivity contribution in [2.75, 3.05) is 25.4 Å². The number of aryl methyl sites for hydroxylation is 1. The minimum atomic E-state index is -0.256. The van der Waals surface area contributed by atoms with E-state index in [-0.39, 0.29) is 29.1 Å². The second kappa shape index (κ2) is 8.77. The van der Waals surface area contributed by atoms with Gasteiger partial charge in [0.05, 0.1) is 29.2 Å². The third kappa shape index (κ3) is 4.38. The van der Waals surface area contributed by atoms with Crippen LogP contribution in [0.4, 0.5) is 0 Å². The van der Waals surface area contributed by atoms with Crippen molar-refractivity contribution in [1.29, 1.82) is 0 Å². The van der Waals surface area contributed by atoms with Crippen LogP contribution in [0.3, 0.4) is 0 Å². The third-order valence-electron chi connectivity index (χ3n) is 4.91. The average molecular weight is 404 g/mol. The highest BCUT2D eigenvalue weighted by Gasteiger charge is 2.29. The molecule has 2 heterocycles. The highest BCUT2D eigenvalue weighted by atomic mass is 32.2. The summed E-state index contributed by atoms with van der Waals surface area (Å²) in [4.78, 5) is 43.4. The molecule has 1 aromatic heterocycles. The molecule has 1 atom stereocenters. The number of fused-ring (bicyclic) bond motifs is 1. The largest absolute Gasteiger partial charge is 0.466 e. The van der Waals surface area contributed by atoms with E-state index >= 15 is 0 Å². The minimum Gasteiger partial charge on any atom is -0.466 e. The standard InChI is InChI=1S/C20H25N3O4S/c1-4-27-19(26)14-6-5-9-23(11-14)17(24)12-28-20-21-16-8-7-13(2)10-15(16)18(25)22(20)3/h7-8,10,14H,4-6,9,11-12H2,1-3H3. The van der Waals surface area contributed by atoms with Gasteiger partial charge in [0.2, 0.25) is 5.91 Å². The first-order valence-corrected chi connectivity index (χ1v) is 10.4. The molecule has 7 nitrogen and oxygen atoms in total. The SMILES string of the molecule is CCOC(=O)C1CCCN(C(=O)CSc2nc3ccc(C)cc3c(=O)n2C)C1. The molecule has 0 spiro atoms. The zero-order valence-electron chi connectivity index (χ0n) is 16.4. The Kier molecular flexibility index (Phi) is 6.39. The van der Waals surface area contributed by atoms with Crippen LogP contribution in [0.25, 0.3) is 10.9 Å². The van der Waals surface area contributed by atoms with Crippen LogP contribution in [0.15, 0.2) is 28.2 Å². The molecule has 1 aliphatic rings. The van der Waals surface area contributed by atoms with Crippen LogP contribution >= 0.6 is 11.8 Å². The lowest BCUT2D eigenvalue weighted by Crippen LogP contribution is -2.43. The maximum Gasteiger partial charge on any atom is 0.310 e. The number of thioether (sulfide) groups is 1. The van der Waals surface area contributed by atoms with Gasteiger partial charge < -0.3 is 9.64 Å². The molecule has 0 bridgehead atoms. The molecule has 1 unspecified atom stereocenters. The van der Waals surface area contributed by atoms with Gasteiger partial charge in [0.25, 0.3) is 5.56 Å². The predicted molar refractivity (Wildman–Crippen MR) is 108 cm³/mol.